The van der Waals surface area contributed by atoms with Gasteiger partial charge in [-0.15, -0.1) is 10.2 Å². The van der Waals surface area contributed by atoms with E-state index < -0.39 is 0 Å². The first-order valence-corrected chi connectivity index (χ1v) is 6.46. The van der Waals surface area contributed by atoms with Gasteiger partial charge in [0, 0.05) is 6.04 Å². The van der Waals surface area contributed by atoms with E-state index in [0.717, 1.165) is 29.5 Å². The smallest absolute Gasteiger partial charge is 0.151 e. The highest BCUT2D eigenvalue weighted by Crippen LogP contribution is 2.66. The first-order chi connectivity index (χ1) is 7.83. The molecule has 3 saturated carbocycles. The average Bonchev–Trinajstić information content (AvgIpc) is 2.72. The van der Waals surface area contributed by atoms with Crippen LogP contribution in [0.3, 0.4) is 0 Å². The molecule has 4 rings (SSSR count). The molecule has 3 aliphatic rings. The van der Waals surface area contributed by atoms with E-state index in [2.05, 4.69) is 15.5 Å². The van der Waals surface area contributed by atoms with Crippen molar-refractivity contribution in [2.45, 2.75) is 25.3 Å². The molecule has 3 aliphatic carbocycles. The second-order valence-electron chi connectivity index (χ2n) is 5.40. The molecule has 1 aromatic heterocycles. The summed E-state index contributed by atoms with van der Waals surface area (Å²) in [6, 6.07) is 4.39. The van der Waals surface area contributed by atoms with Crippen LogP contribution < -0.4 is 5.32 Å². The van der Waals surface area contributed by atoms with Crippen LogP contribution in [0.5, 0.6) is 0 Å². The second-order valence-corrected chi connectivity index (χ2v) is 5.79. The zero-order valence-corrected chi connectivity index (χ0v) is 9.69. The Balaban J connectivity index is 1.48. The van der Waals surface area contributed by atoms with Crippen LogP contribution >= 0.6 is 11.6 Å². The van der Waals surface area contributed by atoms with Crippen molar-refractivity contribution in [1.29, 1.82) is 0 Å². The second kappa shape index (κ2) is 3.10. The lowest BCUT2D eigenvalue weighted by Crippen LogP contribution is -2.13. The molecule has 0 aromatic carbocycles. The standard InChI is InChI=1S/C12H14ClN3/c13-8-3-4-9(16-15-8)14-12-10-6-1-2-7(5-6)11(10)12/h3-4,6-7,10-12H,1-2,5H2,(H,14,16). The van der Waals surface area contributed by atoms with Gasteiger partial charge in [-0.3, -0.25) is 0 Å². The van der Waals surface area contributed by atoms with Crippen molar-refractivity contribution in [3.63, 3.8) is 0 Å². The van der Waals surface area contributed by atoms with E-state index in [9.17, 15) is 0 Å². The molecule has 4 unspecified atom stereocenters. The normalized spacial score (nSPS) is 43.2. The summed E-state index contributed by atoms with van der Waals surface area (Å²) in [6.07, 6.45) is 4.40. The lowest BCUT2D eigenvalue weighted by Gasteiger charge is -2.10. The third-order valence-corrected chi connectivity index (χ3v) is 4.88. The number of aromatic nitrogens is 2. The van der Waals surface area contributed by atoms with Crippen molar-refractivity contribution >= 4 is 17.4 Å². The molecule has 1 heterocycles. The van der Waals surface area contributed by atoms with Crippen LogP contribution in [0.15, 0.2) is 12.1 Å². The van der Waals surface area contributed by atoms with Crippen molar-refractivity contribution < 1.29 is 0 Å². The summed E-state index contributed by atoms with van der Waals surface area (Å²) < 4.78 is 0. The van der Waals surface area contributed by atoms with E-state index in [4.69, 9.17) is 11.6 Å². The van der Waals surface area contributed by atoms with Crippen LogP contribution in [-0.2, 0) is 0 Å². The summed E-state index contributed by atoms with van der Waals surface area (Å²) in [7, 11) is 0. The van der Waals surface area contributed by atoms with Crippen molar-refractivity contribution in [1.82, 2.24) is 10.2 Å². The number of hydrogen-bond acceptors (Lipinski definition) is 3. The summed E-state index contributed by atoms with van der Waals surface area (Å²) in [5.74, 6) is 4.72. The van der Waals surface area contributed by atoms with Gasteiger partial charge >= 0.3 is 0 Å². The van der Waals surface area contributed by atoms with Crippen molar-refractivity contribution in [3.8, 4) is 0 Å². The summed E-state index contributed by atoms with van der Waals surface area (Å²) in [6.45, 7) is 0. The Morgan fingerprint density at radius 3 is 2.50 bits per heavy atom. The van der Waals surface area contributed by atoms with E-state index in [0.29, 0.717) is 11.2 Å². The lowest BCUT2D eigenvalue weighted by atomic mass is 10.0. The van der Waals surface area contributed by atoms with Gasteiger partial charge in [0.15, 0.2) is 5.15 Å². The number of hydrogen-bond donors (Lipinski definition) is 1. The highest BCUT2D eigenvalue weighted by molar-refractivity contribution is 6.29. The number of halogens is 1. The molecule has 84 valence electrons. The first kappa shape index (κ1) is 9.23. The molecule has 16 heavy (non-hydrogen) atoms. The quantitative estimate of drug-likeness (QED) is 0.856. The summed E-state index contributed by atoms with van der Waals surface area (Å²) in [5.41, 5.74) is 0. The molecule has 3 nitrogen and oxygen atoms in total. The Labute approximate surface area is 99.6 Å². The number of nitrogens with one attached hydrogen (secondary N) is 1. The van der Waals surface area contributed by atoms with E-state index >= 15 is 0 Å². The minimum atomic E-state index is 0.460. The molecule has 0 saturated heterocycles. The van der Waals surface area contributed by atoms with E-state index in [1.807, 2.05) is 6.07 Å². The highest BCUT2D eigenvalue weighted by Gasteiger charge is 2.65. The molecular formula is C12H14ClN3. The van der Waals surface area contributed by atoms with Gasteiger partial charge in [0.25, 0.3) is 0 Å². The van der Waals surface area contributed by atoms with Gasteiger partial charge in [0.1, 0.15) is 5.82 Å². The summed E-state index contributed by atoms with van der Waals surface area (Å²) in [5, 5.41) is 11.9. The molecule has 2 bridgehead atoms. The van der Waals surface area contributed by atoms with E-state index in [1.165, 1.54) is 19.3 Å². The fourth-order valence-corrected chi connectivity index (χ4v) is 4.18. The fraction of sp³-hybridized carbons (Fsp3) is 0.667. The Bertz CT molecular complexity index is 403. The van der Waals surface area contributed by atoms with E-state index in [-0.39, 0.29) is 0 Å². The van der Waals surface area contributed by atoms with Crippen LogP contribution in [0.25, 0.3) is 0 Å². The summed E-state index contributed by atoms with van der Waals surface area (Å²) in [4.78, 5) is 0. The monoisotopic (exact) mass is 235 g/mol. The Kier molecular flexibility index (Phi) is 1.79. The first-order valence-electron chi connectivity index (χ1n) is 6.09. The minimum absolute atomic E-state index is 0.460. The maximum absolute atomic E-state index is 5.71. The summed E-state index contributed by atoms with van der Waals surface area (Å²) >= 11 is 5.71. The molecule has 0 radical (unpaired) electrons. The van der Waals surface area contributed by atoms with Gasteiger partial charge in [-0.25, -0.2) is 0 Å². The third-order valence-electron chi connectivity index (χ3n) is 4.68. The van der Waals surface area contributed by atoms with Gasteiger partial charge in [-0.1, -0.05) is 11.6 Å². The fourth-order valence-electron chi connectivity index (χ4n) is 4.08. The van der Waals surface area contributed by atoms with Gasteiger partial charge in [0.2, 0.25) is 0 Å². The van der Waals surface area contributed by atoms with Crippen LogP contribution in [-0.4, -0.2) is 16.2 Å². The molecule has 4 heteroatoms. The Morgan fingerprint density at radius 2 is 1.88 bits per heavy atom. The predicted molar refractivity (Wildman–Crippen MR) is 62.3 cm³/mol. The van der Waals surface area contributed by atoms with Crippen LogP contribution in [0.2, 0.25) is 5.15 Å². The number of anilines is 1. The van der Waals surface area contributed by atoms with Crippen LogP contribution in [0.1, 0.15) is 19.3 Å². The molecule has 3 fully saturated rings. The van der Waals surface area contributed by atoms with Gasteiger partial charge in [-0.05, 0) is 55.1 Å². The molecule has 0 spiro atoms. The maximum Gasteiger partial charge on any atom is 0.151 e. The van der Waals surface area contributed by atoms with E-state index in [1.54, 1.807) is 6.07 Å². The molecule has 1 aromatic rings. The largest absolute Gasteiger partial charge is 0.365 e. The lowest BCUT2D eigenvalue weighted by molar-refractivity contribution is 0.456. The zero-order valence-electron chi connectivity index (χ0n) is 8.94. The SMILES string of the molecule is Clc1ccc(NC2C3C4CCC(C4)C23)nn1. The highest BCUT2D eigenvalue weighted by atomic mass is 35.5. The predicted octanol–water partition coefficient (Wildman–Crippen LogP) is 2.59. The number of fused-ring (bicyclic) bond motifs is 5. The average molecular weight is 236 g/mol. The van der Waals surface area contributed by atoms with Gasteiger partial charge in [0.05, 0.1) is 0 Å². The molecule has 4 atom stereocenters. The number of nitrogens with zero attached hydrogens (tertiary/aromatic N) is 2. The number of rotatable bonds is 2. The topological polar surface area (TPSA) is 37.8 Å². The maximum atomic E-state index is 5.71. The van der Waals surface area contributed by atoms with Crippen molar-refractivity contribution in [2.24, 2.45) is 23.7 Å². The third kappa shape index (κ3) is 1.21. The van der Waals surface area contributed by atoms with Crippen LogP contribution in [0.4, 0.5) is 5.82 Å². The minimum Gasteiger partial charge on any atom is -0.365 e. The van der Waals surface area contributed by atoms with Gasteiger partial charge in [-0.2, -0.15) is 0 Å². The molecule has 0 aliphatic heterocycles. The Morgan fingerprint density at radius 1 is 1.12 bits per heavy atom. The van der Waals surface area contributed by atoms with Crippen molar-refractivity contribution in [3.05, 3.63) is 17.3 Å². The molecule has 1 N–H and O–H groups in total. The van der Waals surface area contributed by atoms with Gasteiger partial charge < -0.3 is 5.32 Å². The molecule has 0 amide bonds. The molecular weight excluding hydrogens is 222 g/mol. The van der Waals surface area contributed by atoms with Crippen molar-refractivity contribution in [2.75, 3.05) is 5.32 Å². The zero-order chi connectivity index (χ0) is 10.7. The Hall–Kier alpha value is -0.830. The van der Waals surface area contributed by atoms with Crippen LogP contribution in [0, 0.1) is 23.7 Å².